The Balaban J connectivity index is 3.89. The zero-order chi connectivity index (χ0) is 8.69. The average Bonchev–Trinajstić information content (AvgIpc) is 2.05. The van der Waals surface area contributed by atoms with Crippen LogP contribution in [-0.4, -0.2) is 6.04 Å². The summed E-state index contributed by atoms with van der Waals surface area (Å²) in [5, 5.41) is 0. The molecule has 1 unspecified atom stereocenters. The van der Waals surface area contributed by atoms with E-state index in [2.05, 4.69) is 25.2 Å². The maximum Gasteiger partial charge on any atom is 0.0347 e. The average molecular weight is 154 g/mol. The number of rotatable bonds is 5. The summed E-state index contributed by atoms with van der Waals surface area (Å²) in [6.45, 7) is 4.32. The van der Waals surface area contributed by atoms with Crippen molar-refractivity contribution < 1.29 is 0 Å². The van der Waals surface area contributed by atoms with Gasteiger partial charge >= 0.3 is 0 Å². The molecule has 11 heavy (non-hydrogen) atoms. The topological polar surface area (TPSA) is 38.0 Å². The monoisotopic (exact) mass is 154 g/mol. The molecule has 0 radical (unpaired) electrons. The van der Waals surface area contributed by atoms with Crippen molar-refractivity contribution in [3.63, 3.8) is 0 Å². The predicted octanol–water partition coefficient (Wildman–Crippen LogP) is 1.28. The Kier molecular flexibility index (Phi) is 5.91. The summed E-state index contributed by atoms with van der Waals surface area (Å²) in [6.07, 6.45) is 8.20. The summed E-state index contributed by atoms with van der Waals surface area (Å²) in [6, 6.07) is 0.287. The highest BCUT2D eigenvalue weighted by Crippen LogP contribution is 2.14. The van der Waals surface area contributed by atoms with Gasteiger partial charge in [0.05, 0.1) is 0 Å². The van der Waals surface area contributed by atoms with Crippen LogP contribution in [0.5, 0.6) is 0 Å². The fraction of sp³-hybridized carbons (Fsp3) is 0.778. The molecule has 0 saturated heterocycles. The first-order valence-corrected chi connectivity index (χ1v) is 4.19. The molecular formula is C9H18N2. The van der Waals surface area contributed by atoms with Gasteiger partial charge in [0.1, 0.15) is 0 Å². The molecule has 0 saturated carbocycles. The Hall–Kier alpha value is -0.520. The number of nitrogens with two attached hydrogens (primary N) is 1. The molecule has 2 heteroatoms. The van der Waals surface area contributed by atoms with Crippen molar-refractivity contribution in [3.05, 3.63) is 0 Å². The lowest BCUT2D eigenvalue weighted by Gasteiger charge is -2.22. The maximum atomic E-state index is 5.37. The van der Waals surface area contributed by atoms with Gasteiger partial charge < -0.3 is 0 Å². The Morgan fingerprint density at radius 1 is 1.45 bits per heavy atom. The molecule has 0 aromatic carbocycles. The lowest BCUT2D eigenvalue weighted by molar-refractivity contribution is 0.342. The summed E-state index contributed by atoms with van der Waals surface area (Å²) in [7, 11) is 0. The van der Waals surface area contributed by atoms with E-state index in [4.69, 9.17) is 12.3 Å². The Morgan fingerprint density at radius 3 is 2.27 bits per heavy atom. The molecule has 0 fully saturated rings. The third kappa shape index (κ3) is 3.41. The standard InChI is InChI=1S/C9H18N2/c1-4-7-9(11-10)8(5-2)6-3/h1,8-9,11H,5-7,10H2,2-3H3. The van der Waals surface area contributed by atoms with E-state index in [1.807, 2.05) is 0 Å². The minimum absolute atomic E-state index is 0.287. The molecule has 0 aromatic heterocycles. The van der Waals surface area contributed by atoms with Crippen LogP contribution in [0.3, 0.4) is 0 Å². The van der Waals surface area contributed by atoms with E-state index in [1.54, 1.807) is 0 Å². The number of hydrogen-bond acceptors (Lipinski definition) is 2. The first kappa shape index (κ1) is 10.5. The summed E-state index contributed by atoms with van der Waals surface area (Å²) in [5.74, 6) is 8.60. The van der Waals surface area contributed by atoms with Crippen molar-refractivity contribution in [2.24, 2.45) is 11.8 Å². The summed E-state index contributed by atoms with van der Waals surface area (Å²) in [5.41, 5.74) is 2.76. The minimum atomic E-state index is 0.287. The van der Waals surface area contributed by atoms with Crippen LogP contribution in [0, 0.1) is 18.3 Å². The summed E-state index contributed by atoms with van der Waals surface area (Å²) >= 11 is 0. The summed E-state index contributed by atoms with van der Waals surface area (Å²) in [4.78, 5) is 0. The SMILES string of the molecule is C#CCC(NN)C(CC)CC. The largest absolute Gasteiger partial charge is 0.271 e. The molecule has 0 aliphatic heterocycles. The van der Waals surface area contributed by atoms with Gasteiger partial charge in [-0.25, -0.2) is 0 Å². The number of hydrogen-bond donors (Lipinski definition) is 2. The fourth-order valence-electron chi connectivity index (χ4n) is 1.35. The smallest absolute Gasteiger partial charge is 0.0347 e. The molecule has 0 aromatic rings. The van der Waals surface area contributed by atoms with Gasteiger partial charge in [0.15, 0.2) is 0 Å². The molecule has 64 valence electrons. The van der Waals surface area contributed by atoms with Gasteiger partial charge in [-0.3, -0.25) is 11.3 Å². The van der Waals surface area contributed by atoms with Crippen LogP contribution < -0.4 is 11.3 Å². The van der Waals surface area contributed by atoms with Gasteiger partial charge in [-0.15, -0.1) is 12.3 Å². The molecule has 1 atom stereocenters. The van der Waals surface area contributed by atoms with Crippen molar-refractivity contribution in [2.45, 2.75) is 39.2 Å². The molecule has 0 aliphatic carbocycles. The Morgan fingerprint density at radius 2 is 2.00 bits per heavy atom. The maximum absolute atomic E-state index is 5.37. The van der Waals surface area contributed by atoms with Crippen molar-refractivity contribution in [3.8, 4) is 12.3 Å². The van der Waals surface area contributed by atoms with Crippen LogP contribution in [-0.2, 0) is 0 Å². The van der Waals surface area contributed by atoms with Crippen molar-refractivity contribution in [1.29, 1.82) is 0 Å². The normalized spacial score (nSPS) is 13.0. The Bertz CT molecular complexity index is 122. The zero-order valence-electron chi connectivity index (χ0n) is 7.43. The highest BCUT2D eigenvalue weighted by Gasteiger charge is 2.14. The van der Waals surface area contributed by atoms with Gasteiger partial charge in [0, 0.05) is 12.5 Å². The van der Waals surface area contributed by atoms with Crippen LogP contribution in [0.1, 0.15) is 33.1 Å². The van der Waals surface area contributed by atoms with E-state index in [1.165, 1.54) is 0 Å². The lowest BCUT2D eigenvalue weighted by Crippen LogP contribution is -2.40. The molecule has 3 N–H and O–H groups in total. The van der Waals surface area contributed by atoms with Gasteiger partial charge in [0.2, 0.25) is 0 Å². The van der Waals surface area contributed by atoms with Crippen LogP contribution >= 0.6 is 0 Å². The quantitative estimate of drug-likeness (QED) is 0.355. The van der Waals surface area contributed by atoms with Gasteiger partial charge in [-0.2, -0.15) is 0 Å². The van der Waals surface area contributed by atoms with Crippen LogP contribution in [0.4, 0.5) is 0 Å². The van der Waals surface area contributed by atoms with E-state index in [-0.39, 0.29) is 6.04 Å². The first-order chi connectivity index (χ1) is 5.29. The second-order valence-electron chi connectivity index (χ2n) is 2.76. The van der Waals surface area contributed by atoms with Crippen molar-refractivity contribution in [2.75, 3.05) is 0 Å². The number of hydrazine groups is 1. The molecule has 0 bridgehead atoms. The van der Waals surface area contributed by atoms with E-state index >= 15 is 0 Å². The molecule has 0 rings (SSSR count). The van der Waals surface area contributed by atoms with E-state index in [9.17, 15) is 0 Å². The Labute approximate surface area is 69.5 Å². The molecule has 0 spiro atoms. The van der Waals surface area contributed by atoms with E-state index < -0.39 is 0 Å². The second kappa shape index (κ2) is 6.21. The zero-order valence-corrected chi connectivity index (χ0v) is 7.43. The van der Waals surface area contributed by atoms with E-state index in [0.717, 1.165) is 19.3 Å². The molecule has 0 aliphatic rings. The molecule has 0 amide bonds. The van der Waals surface area contributed by atoms with Crippen molar-refractivity contribution in [1.82, 2.24) is 5.43 Å². The highest BCUT2D eigenvalue weighted by molar-refractivity contribution is 4.91. The summed E-state index contributed by atoms with van der Waals surface area (Å²) < 4.78 is 0. The van der Waals surface area contributed by atoms with Gasteiger partial charge in [-0.05, 0) is 5.92 Å². The lowest BCUT2D eigenvalue weighted by atomic mass is 9.93. The molecular weight excluding hydrogens is 136 g/mol. The third-order valence-corrected chi connectivity index (χ3v) is 2.17. The minimum Gasteiger partial charge on any atom is -0.271 e. The third-order valence-electron chi connectivity index (χ3n) is 2.17. The van der Waals surface area contributed by atoms with Crippen LogP contribution in [0.2, 0.25) is 0 Å². The van der Waals surface area contributed by atoms with E-state index in [0.29, 0.717) is 5.92 Å². The predicted molar refractivity (Wildman–Crippen MR) is 48.6 cm³/mol. The van der Waals surface area contributed by atoms with Gasteiger partial charge in [-0.1, -0.05) is 26.7 Å². The number of nitrogens with one attached hydrogen (secondary N) is 1. The molecule has 2 nitrogen and oxygen atoms in total. The van der Waals surface area contributed by atoms with Crippen LogP contribution in [0.25, 0.3) is 0 Å². The van der Waals surface area contributed by atoms with Gasteiger partial charge in [0.25, 0.3) is 0 Å². The fourth-order valence-corrected chi connectivity index (χ4v) is 1.35. The number of terminal acetylenes is 1. The first-order valence-electron chi connectivity index (χ1n) is 4.19. The molecule has 0 heterocycles. The van der Waals surface area contributed by atoms with Crippen LogP contribution in [0.15, 0.2) is 0 Å². The second-order valence-corrected chi connectivity index (χ2v) is 2.76. The highest BCUT2D eigenvalue weighted by atomic mass is 15.2. The van der Waals surface area contributed by atoms with Crippen molar-refractivity contribution >= 4 is 0 Å².